The van der Waals surface area contributed by atoms with Crippen LogP contribution in [0.2, 0.25) is 5.02 Å². The highest BCUT2D eigenvalue weighted by Crippen LogP contribution is 2.40. The Hall–Kier alpha value is -3.36. The third-order valence-electron chi connectivity index (χ3n) is 6.46. The first-order valence-corrected chi connectivity index (χ1v) is 12.8. The van der Waals surface area contributed by atoms with Crippen LogP contribution < -0.4 is 4.74 Å². The second-order valence-corrected chi connectivity index (χ2v) is 8.97. The summed E-state index contributed by atoms with van der Waals surface area (Å²) in [6, 6.07) is 10.4. The first-order chi connectivity index (χ1) is 17.8. The molecule has 0 aromatic heterocycles. The fraction of sp³-hybridized carbons (Fsp3) is 0.393. The molecule has 1 aliphatic heterocycles. The van der Waals surface area contributed by atoms with E-state index < -0.39 is 23.7 Å². The molecular weight excluding hydrogens is 496 g/mol. The molecule has 0 aliphatic carbocycles. The number of Topliss-reactive ketones (excluding diaryl/α,β-unsaturated/α-hetero) is 1. The number of aliphatic hydroxyl groups excluding tert-OH is 1. The number of methoxy groups -OCH3 is 1. The zero-order valence-corrected chi connectivity index (χ0v) is 22.4. The van der Waals surface area contributed by atoms with Crippen LogP contribution in [0.15, 0.2) is 48.0 Å². The van der Waals surface area contributed by atoms with Crippen molar-refractivity contribution < 1.29 is 29.0 Å². The molecule has 8 nitrogen and oxygen atoms in total. The van der Waals surface area contributed by atoms with Gasteiger partial charge in [-0.05, 0) is 68.9 Å². The Bertz CT molecular complexity index is 1170. The molecule has 2 aromatic rings. The second-order valence-electron chi connectivity index (χ2n) is 8.56. The van der Waals surface area contributed by atoms with Crippen molar-refractivity contribution in [3.63, 3.8) is 0 Å². The Balaban J connectivity index is 2.06. The number of hydrogen-bond acceptors (Lipinski definition) is 7. The van der Waals surface area contributed by atoms with Gasteiger partial charge in [0.25, 0.3) is 11.7 Å². The fourth-order valence-electron chi connectivity index (χ4n) is 4.46. The van der Waals surface area contributed by atoms with E-state index in [-0.39, 0.29) is 16.4 Å². The number of nitrogens with zero attached hydrogens (tertiary/aromatic N) is 2. The van der Waals surface area contributed by atoms with E-state index in [4.69, 9.17) is 21.1 Å². The van der Waals surface area contributed by atoms with Gasteiger partial charge in [-0.1, -0.05) is 37.6 Å². The summed E-state index contributed by atoms with van der Waals surface area (Å²) in [5.41, 5.74) is 1.20. The van der Waals surface area contributed by atoms with Crippen molar-refractivity contribution in [1.29, 1.82) is 0 Å². The lowest BCUT2D eigenvalue weighted by Gasteiger charge is -2.27. The summed E-state index contributed by atoms with van der Waals surface area (Å²) >= 11 is 6.32. The molecule has 0 bridgehead atoms. The molecule has 1 saturated heterocycles. The lowest BCUT2D eigenvalue weighted by molar-refractivity contribution is -0.140. The van der Waals surface area contributed by atoms with E-state index in [1.807, 2.05) is 6.92 Å². The number of ketones is 1. The van der Waals surface area contributed by atoms with Gasteiger partial charge in [0.1, 0.15) is 11.5 Å². The summed E-state index contributed by atoms with van der Waals surface area (Å²) in [4.78, 5) is 42.1. The van der Waals surface area contributed by atoms with Gasteiger partial charge in [0, 0.05) is 12.1 Å². The van der Waals surface area contributed by atoms with Crippen LogP contribution in [0, 0.1) is 0 Å². The van der Waals surface area contributed by atoms with Crippen LogP contribution in [0.5, 0.6) is 5.75 Å². The van der Waals surface area contributed by atoms with Gasteiger partial charge in [-0.15, -0.1) is 0 Å². The summed E-state index contributed by atoms with van der Waals surface area (Å²) in [6.45, 7) is 9.24. The van der Waals surface area contributed by atoms with Crippen molar-refractivity contribution in [2.75, 3.05) is 39.9 Å². The number of esters is 1. The molecule has 0 radical (unpaired) electrons. The number of rotatable bonds is 11. The topological polar surface area (TPSA) is 96.4 Å². The number of aliphatic hydroxyl groups is 1. The van der Waals surface area contributed by atoms with Gasteiger partial charge >= 0.3 is 5.97 Å². The minimum absolute atomic E-state index is 0.0288. The minimum Gasteiger partial charge on any atom is -0.507 e. The number of benzene rings is 2. The molecule has 3 rings (SSSR count). The van der Waals surface area contributed by atoms with E-state index in [2.05, 4.69) is 18.7 Å². The van der Waals surface area contributed by atoms with Crippen LogP contribution >= 0.6 is 11.6 Å². The third-order valence-corrected chi connectivity index (χ3v) is 6.76. The fourth-order valence-corrected chi connectivity index (χ4v) is 4.69. The largest absolute Gasteiger partial charge is 0.507 e. The molecule has 1 amide bonds. The monoisotopic (exact) mass is 528 g/mol. The van der Waals surface area contributed by atoms with E-state index in [1.54, 1.807) is 36.4 Å². The molecule has 1 unspecified atom stereocenters. The van der Waals surface area contributed by atoms with Gasteiger partial charge in [-0.25, -0.2) is 4.79 Å². The normalized spacial score (nSPS) is 16.9. The quantitative estimate of drug-likeness (QED) is 0.196. The van der Waals surface area contributed by atoms with Crippen LogP contribution in [0.3, 0.4) is 0 Å². The number of ether oxygens (including phenoxy) is 2. The summed E-state index contributed by atoms with van der Waals surface area (Å²) in [5.74, 6) is -1.82. The van der Waals surface area contributed by atoms with E-state index in [0.29, 0.717) is 42.0 Å². The Morgan fingerprint density at radius 3 is 2.27 bits per heavy atom. The number of halogens is 1. The van der Waals surface area contributed by atoms with Crippen LogP contribution in [-0.4, -0.2) is 72.5 Å². The highest BCUT2D eigenvalue weighted by Gasteiger charge is 2.45. The molecule has 1 aliphatic rings. The average molecular weight is 529 g/mol. The maximum absolute atomic E-state index is 13.2. The van der Waals surface area contributed by atoms with E-state index >= 15 is 0 Å². The molecule has 1 fully saturated rings. The molecule has 0 spiro atoms. The smallest absolute Gasteiger partial charge is 0.337 e. The lowest BCUT2D eigenvalue weighted by atomic mass is 9.94. The van der Waals surface area contributed by atoms with Gasteiger partial charge in [0.2, 0.25) is 0 Å². The van der Waals surface area contributed by atoms with Crippen LogP contribution in [0.1, 0.15) is 54.7 Å². The highest BCUT2D eigenvalue weighted by molar-refractivity contribution is 6.46. The summed E-state index contributed by atoms with van der Waals surface area (Å²) in [5, 5.41) is 11.5. The Kier molecular flexibility index (Phi) is 9.72. The van der Waals surface area contributed by atoms with Crippen LogP contribution in [0.25, 0.3) is 5.76 Å². The summed E-state index contributed by atoms with van der Waals surface area (Å²) < 4.78 is 10.2. The highest BCUT2D eigenvalue weighted by atomic mass is 35.5. The zero-order valence-electron chi connectivity index (χ0n) is 21.6. The maximum Gasteiger partial charge on any atom is 0.337 e. The number of likely N-dealkylation sites (tertiary alicyclic amines) is 1. The molecular formula is C28H33ClN2O6. The minimum atomic E-state index is -0.825. The predicted octanol–water partition coefficient (Wildman–Crippen LogP) is 4.68. The predicted molar refractivity (Wildman–Crippen MR) is 142 cm³/mol. The standard InChI is InChI=1S/C28H33ClN2O6/c1-5-30(6-2)15-8-16-31-24(18-9-11-19(12-10-18)28(35)36-4)23(26(33)27(31)34)25(32)20-13-14-22(37-7-3)21(29)17-20/h9-14,17,24,32H,5-8,15-16H2,1-4H3. The molecule has 1 heterocycles. The average Bonchev–Trinajstić information content (AvgIpc) is 3.16. The third kappa shape index (κ3) is 6.14. The molecule has 37 heavy (non-hydrogen) atoms. The van der Waals surface area contributed by atoms with Gasteiger partial charge in [0.05, 0.1) is 35.9 Å². The molecule has 0 saturated carbocycles. The first-order valence-electron chi connectivity index (χ1n) is 12.4. The van der Waals surface area contributed by atoms with Crippen molar-refractivity contribution in [2.24, 2.45) is 0 Å². The Labute approximate surface area is 222 Å². The van der Waals surface area contributed by atoms with Crippen LogP contribution in [0.4, 0.5) is 0 Å². The van der Waals surface area contributed by atoms with Crippen molar-refractivity contribution >= 4 is 35.0 Å². The molecule has 9 heteroatoms. The van der Waals surface area contributed by atoms with E-state index in [0.717, 1.165) is 19.6 Å². The lowest BCUT2D eigenvalue weighted by Crippen LogP contribution is -2.33. The number of hydrogen-bond donors (Lipinski definition) is 1. The van der Waals surface area contributed by atoms with E-state index in [9.17, 15) is 19.5 Å². The van der Waals surface area contributed by atoms with Gasteiger partial charge < -0.3 is 24.4 Å². The van der Waals surface area contributed by atoms with Crippen molar-refractivity contribution in [2.45, 2.75) is 33.2 Å². The Morgan fingerprint density at radius 1 is 1.05 bits per heavy atom. The van der Waals surface area contributed by atoms with Crippen molar-refractivity contribution in [1.82, 2.24) is 9.80 Å². The van der Waals surface area contributed by atoms with Crippen LogP contribution in [-0.2, 0) is 14.3 Å². The maximum atomic E-state index is 13.2. The van der Waals surface area contributed by atoms with Gasteiger partial charge in [0.15, 0.2) is 0 Å². The molecule has 198 valence electrons. The van der Waals surface area contributed by atoms with Gasteiger partial charge in [-0.3, -0.25) is 9.59 Å². The second kappa shape index (κ2) is 12.7. The van der Waals surface area contributed by atoms with Gasteiger partial charge in [-0.2, -0.15) is 0 Å². The summed E-state index contributed by atoms with van der Waals surface area (Å²) in [6.07, 6.45) is 0.653. The van der Waals surface area contributed by atoms with Crippen molar-refractivity contribution in [3.8, 4) is 5.75 Å². The number of carbonyl (C=O) groups excluding carboxylic acids is 3. The number of carbonyl (C=O) groups is 3. The molecule has 2 aromatic carbocycles. The first kappa shape index (κ1) is 28.2. The Morgan fingerprint density at radius 2 is 1.70 bits per heavy atom. The zero-order chi connectivity index (χ0) is 27.1. The SMILES string of the molecule is CCOc1ccc(C(O)=C2C(=O)C(=O)N(CCCN(CC)CC)C2c2ccc(C(=O)OC)cc2)cc1Cl. The number of amides is 1. The van der Waals surface area contributed by atoms with Crippen molar-refractivity contribution in [3.05, 3.63) is 69.8 Å². The molecule has 1 N–H and O–H groups in total. The van der Waals surface area contributed by atoms with E-state index in [1.165, 1.54) is 18.1 Å². The molecule has 1 atom stereocenters. The summed E-state index contributed by atoms with van der Waals surface area (Å²) in [7, 11) is 1.29.